The van der Waals surface area contributed by atoms with E-state index in [0.717, 1.165) is 24.3 Å². The van der Waals surface area contributed by atoms with Crippen molar-refractivity contribution in [3.63, 3.8) is 0 Å². The molecule has 2 atom stereocenters. The van der Waals surface area contributed by atoms with E-state index in [2.05, 4.69) is 11.1 Å². The molecule has 20 heavy (non-hydrogen) atoms. The average Bonchev–Trinajstić information content (AvgIpc) is 2.90. The van der Waals surface area contributed by atoms with E-state index in [1.807, 2.05) is 36.5 Å². The summed E-state index contributed by atoms with van der Waals surface area (Å²) in [5, 5.41) is 0.704. The lowest BCUT2D eigenvalue weighted by molar-refractivity contribution is 0.268. The monoisotopic (exact) mass is 288 g/mol. The Morgan fingerprint density at radius 3 is 2.90 bits per heavy atom. The van der Waals surface area contributed by atoms with Crippen LogP contribution in [0.25, 0.3) is 0 Å². The van der Waals surface area contributed by atoms with E-state index in [-0.39, 0.29) is 6.04 Å². The SMILES string of the molecule is NC(COc1ccc(Cl)cc1)C1CCc2cccnc21. The van der Waals surface area contributed by atoms with Gasteiger partial charge in [0.15, 0.2) is 0 Å². The Morgan fingerprint density at radius 2 is 2.10 bits per heavy atom. The Morgan fingerprint density at radius 1 is 1.30 bits per heavy atom. The van der Waals surface area contributed by atoms with Crippen LogP contribution in [0, 0.1) is 0 Å². The van der Waals surface area contributed by atoms with Gasteiger partial charge in [-0.1, -0.05) is 17.7 Å². The van der Waals surface area contributed by atoms with Gasteiger partial charge in [-0.15, -0.1) is 0 Å². The summed E-state index contributed by atoms with van der Waals surface area (Å²) in [5.74, 6) is 1.09. The normalized spacial score (nSPS) is 18.6. The first-order chi connectivity index (χ1) is 9.74. The molecule has 1 heterocycles. The van der Waals surface area contributed by atoms with Crippen molar-refractivity contribution in [3.8, 4) is 5.75 Å². The second-order valence-electron chi connectivity index (χ2n) is 5.12. The number of benzene rings is 1. The van der Waals surface area contributed by atoms with Gasteiger partial charge in [-0.25, -0.2) is 0 Å². The van der Waals surface area contributed by atoms with Crippen molar-refractivity contribution < 1.29 is 4.74 Å². The molecule has 1 aliphatic carbocycles. The number of fused-ring (bicyclic) bond motifs is 1. The van der Waals surface area contributed by atoms with E-state index in [4.69, 9.17) is 22.1 Å². The lowest BCUT2D eigenvalue weighted by Crippen LogP contribution is -2.34. The summed E-state index contributed by atoms with van der Waals surface area (Å²) in [5.41, 5.74) is 8.74. The number of hydrogen-bond acceptors (Lipinski definition) is 3. The smallest absolute Gasteiger partial charge is 0.119 e. The van der Waals surface area contributed by atoms with Gasteiger partial charge in [-0.05, 0) is 48.7 Å². The van der Waals surface area contributed by atoms with Crippen molar-refractivity contribution in [3.05, 3.63) is 58.9 Å². The first kappa shape index (κ1) is 13.4. The first-order valence-electron chi connectivity index (χ1n) is 6.82. The molecule has 0 fully saturated rings. The summed E-state index contributed by atoms with van der Waals surface area (Å²) >= 11 is 5.85. The van der Waals surface area contributed by atoms with Gasteiger partial charge in [0.05, 0.1) is 0 Å². The maximum atomic E-state index is 6.28. The number of nitrogens with zero attached hydrogens (tertiary/aromatic N) is 1. The third-order valence-corrected chi connectivity index (χ3v) is 4.03. The number of aryl methyl sites for hydroxylation is 1. The van der Waals surface area contributed by atoms with Crippen LogP contribution in [0.2, 0.25) is 5.02 Å². The van der Waals surface area contributed by atoms with Crippen molar-refractivity contribution in [2.24, 2.45) is 5.73 Å². The minimum atomic E-state index is -0.0400. The van der Waals surface area contributed by atoms with Crippen LogP contribution in [-0.2, 0) is 6.42 Å². The van der Waals surface area contributed by atoms with E-state index in [1.165, 1.54) is 5.56 Å². The average molecular weight is 289 g/mol. The molecule has 0 amide bonds. The first-order valence-corrected chi connectivity index (χ1v) is 7.19. The predicted octanol–water partition coefficient (Wildman–Crippen LogP) is 3.17. The summed E-state index contributed by atoms with van der Waals surface area (Å²) in [4.78, 5) is 4.48. The molecule has 3 rings (SSSR count). The highest BCUT2D eigenvalue weighted by atomic mass is 35.5. The van der Waals surface area contributed by atoms with Gasteiger partial charge in [0.1, 0.15) is 12.4 Å². The second-order valence-corrected chi connectivity index (χ2v) is 5.56. The molecular weight excluding hydrogens is 272 g/mol. The lowest BCUT2D eigenvalue weighted by Gasteiger charge is -2.20. The van der Waals surface area contributed by atoms with Gasteiger partial charge in [-0.2, -0.15) is 0 Å². The fourth-order valence-electron chi connectivity index (χ4n) is 2.70. The highest BCUT2D eigenvalue weighted by Crippen LogP contribution is 2.33. The van der Waals surface area contributed by atoms with Crippen LogP contribution >= 0.6 is 11.6 Å². The Hall–Kier alpha value is -1.58. The van der Waals surface area contributed by atoms with Crippen LogP contribution in [0.15, 0.2) is 42.6 Å². The Labute approximate surface area is 123 Å². The van der Waals surface area contributed by atoms with E-state index in [0.29, 0.717) is 17.5 Å². The molecule has 2 N–H and O–H groups in total. The Kier molecular flexibility index (Phi) is 3.90. The summed E-state index contributed by atoms with van der Waals surface area (Å²) in [6.45, 7) is 0.488. The number of ether oxygens (including phenoxy) is 1. The van der Waals surface area contributed by atoms with Crippen molar-refractivity contribution >= 4 is 11.6 Å². The van der Waals surface area contributed by atoms with Gasteiger partial charge in [-0.3, -0.25) is 4.98 Å². The zero-order valence-electron chi connectivity index (χ0n) is 11.1. The standard InChI is InChI=1S/C16H17ClN2O/c17-12-4-6-13(7-5-12)20-10-15(18)14-8-3-11-2-1-9-19-16(11)14/h1-2,4-7,9,14-15H,3,8,10,18H2. The number of halogens is 1. The van der Waals surface area contributed by atoms with Crippen LogP contribution in [0.1, 0.15) is 23.6 Å². The number of rotatable bonds is 4. The highest BCUT2D eigenvalue weighted by molar-refractivity contribution is 6.30. The van der Waals surface area contributed by atoms with Crippen LogP contribution in [0.5, 0.6) is 5.75 Å². The third kappa shape index (κ3) is 2.79. The predicted molar refractivity (Wildman–Crippen MR) is 80.2 cm³/mol. The zero-order chi connectivity index (χ0) is 13.9. The van der Waals surface area contributed by atoms with E-state index in [1.54, 1.807) is 0 Å². The Bertz CT molecular complexity index is 585. The lowest BCUT2D eigenvalue weighted by atomic mass is 9.98. The topological polar surface area (TPSA) is 48.1 Å². The van der Waals surface area contributed by atoms with Crippen molar-refractivity contribution in [2.75, 3.05) is 6.61 Å². The van der Waals surface area contributed by atoms with E-state index >= 15 is 0 Å². The van der Waals surface area contributed by atoms with Crippen molar-refractivity contribution in [1.82, 2.24) is 4.98 Å². The van der Waals surface area contributed by atoms with Crippen molar-refractivity contribution in [2.45, 2.75) is 24.8 Å². The quantitative estimate of drug-likeness (QED) is 0.940. The molecule has 2 unspecified atom stereocenters. The third-order valence-electron chi connectivity index (χ3n) is 3.77. The fourth-order valence-corrected chi connectivity index (χ4v) is 2.83. The molecule has 1 aromatic carbocycles. The van der Waals surface area contributed by atoms with Gasteiger partial charge >= 0.3 is 0 Å². The van der Waals surface area contributed by atoms with Crippen LogP contribution < -0.4 is 10.5 Å². The molecule has 0 aliphatic heterocycles. The van der Waals surface area contributed by atoms with Gasteiger partial charge < -0.3 is 10.5 Å². The summed E-state index contributed by atoms with van der Waals surface area (Å²) in [6.07, 6.45) is 3.95. The van der Waals surface area contributed by atoms with Gasteiger partial charge in [0, 0.05) is 28.9 Å². The van der Waals surface area contributed by atoms with Gasteiger partial charge in [0.2, 0.25) is 0 Å². The number of hydrogen-bond donors (Lipinski definition) is 1. The molecule has 0 saturated heterocycles. The molecular formula is C16H17ClN2O. The van der Waals surface area contributed by atoms with Crippen LogP contribution in [0.3, 0.4) is 0 Å². The maximum absolute atomic E-state index is 6.28. The van der Waals surface area contributed by atoms with E-state index in [9.17, 15) is 0 Å². The summed E-state index contributed by atoms with van der Waals surface area (Å²) < 4.78 is 5.74. The molecule has 1 aliphatic rings. The summed E-state index contributed by atoms with van der Waals surface area (Å²) in [6, 6.07) is 11.4. The Balaban J connectivity index is 1.63. The van der Waals surface area contributed by atoms with Crippen molar-refractivity contribution in [1.29, 1.82) is 0 Å². The molecule has 0 saturated carbocycles. The molecule has 0 radical (unpaired) electrons. The van der Waals surface area contributed by atoms with Crippen LogP contribution in [-0.4, -0.2) is 17.6 Å². The molecule has 3 nitrogen and oxygen atoms in total. The second kappa shape index (κ2) is 5.81. The number of aromatic nitrogens is 1. The molecule has 104 valence electrons. The van der Waals surface area contributed by atoms with Gasteiger partial charge in [0.25, 0.3) is 0 Å². The van der Waals surface area contributed by atoms with Crippen LogP contribution in [0.4, 0.5) is 0 Å². The zero-order valence-corrected chi connectivity index (χ0v) is 11.9. The summed E-state index contributed by atoms with van der Waals surface area (Å²) in [7, 11) is 0. The molecule has 0 bridgehead atoms. The largest absolute Gasteiger partial charge is 0.492 e. The molecule has 4 heteroatoms. The molecule has 0 spiro atoms. The molecule has 2 aromatic rings. The fraction of sp³-hybridized carbons (Fsp3) is 0.312. The highest BCUT2D eigenvalue weighted by Gasteiger charge is 2.29. The maximum Gasteiger partial charge on any atom is 0.119 e. The minimum absolute atomic E-state index is 0.0400. The number of nitrogens with two attached hydrogens (primary N) is 1. The minimum Gasteiger partial charge on any atom is -0.492 e. The molecule has 1 aromatic heterocycles. The van der Waals surface area contributed by atoms with E-state index < -0.39 is 0 Å². The number of pyridine rings is 1.